The predicted octanol–water partition coefficient (Wildman–Crippen LogP) is 3.62. The number of aromatic carboxylic acids is 1. The summed E-state index contributed by atoms with van der Waals surface area (Å²) in [6, 6.07) is 0. The van der Waals surface area contributed by atoms with Crippen LogP contribution in [0.15, 0.2) is 0 Å². The molecule has 8 heteroatoms. The van der Waals surface area contributed by atoms with Crippen LogP contribution in [0.2, 0.25) is 20.1 Å². The quantitative estimate of drug-likeness (QED) is 0.349. The number of hydrogen-bond acceptors (Lipinski definition) is 4. The van der Waals surface area contributed by atoms with Gasteiger partial charge in [-0.1, -0.05) is 59.7 Å². The first-order valence-corrected chi connectivity index (χ1v) is 7.08. The number of carboxylic acids is 1. The van der Waals surface area contributed by atoms with E-state index in [1.807, 2.05) is 6.92 Å². The Bertz CT molecular complexity index is 557. The van der Waals surface area contributed by atoms with Gasteiger partial charge in [0.15, 0.2) is 0 Å². The van der Waals surface area contributed by atoms with Crippen molar-refractivity contribution in [2.75, 3.05) is 6.61 Å². The highest BCUT2D eigenvalue weighted by Crippen LogP contribution is 2.41. The lowest BCUT2D eigenvalue weighted by Gasteiger charge is -2.16. The van der Waals surface area contributed by atoms with Crippen molar-refractivity contribution in [2.45, 2.75) is 19.8 Å². The summed E-state index contributed by atoms with van der Waals surface area (Å²) in [5.41, 5.74) is -1.09. The number of carboxylic acid groups (broad SMARTS) is 1. The highest BCUT2D eigenvalue weighted by atomic mass is 35.5. The summed E-state index contributed by atoms with van der Waals surface area (Å²) in [6.45, 7) is 2.03. The number of esters is 1. The number of rotatable bonds is 5. The Morgan fingerprint density at radius 2 is 1.50 bits per heavy atom. The lowest BCUT2D eigenvalue weighted by molar-refractivity contribution is -0.255. The third-order valence-electron chi connectivity index (χ3n) is 2.41. The number of halogens is 4. The van der Waals surface area contributed by atoms with Gasteiger partial charge in [-0.15, -0.1) is 0 Å². The lowest BCUT2D eigenvalue weighted by Crippen LogP contribution is -2.26. The van der Waals surface area contributed by atoms with Crippen LogP contribution in [0.4, 0.5) is 0 Å². The van der Waals surface area contributed by atoms with E-state index in [1.165, 1.54) is 0 Å². The van der Waals surface area contributed by atoms with E-state index in [1.54, 1.807) is 0 Å². The van der Waals surface area contributed by atoms with Gasteiger partial charge in [0.1, 0.15) is 0 Å². The SMILES string of the molecule is CCCCOC(=O)c1c(Cl)c(Cl)c(Cl)c(Cl)c1C(=O)[O-]. The molecular formula is C12H9Cl4O4-. The van der Waals surface area contributed by atoms with Crippen molar-refractivity contribution in [3.63, 3.8) is 0 Å². The van der Waals surface area contributed by atoms with Gasteiger partial charge in [-0.3, -0.25) is 0 Å². The molecule has 0 unspecified atom stereocenters. The first kappa shape index (κ1) is 17.4. The van der Waals surface area contributed by atoms with Gasteiger partial charge >= 0.3 is 5.97 Å². The van der Waals surface area contributed by atoms with Crippen molar-refractivity contribution < 1.29 is 19.4 Å². The molecule has 0 bridgehead atoms. The van der Waals surface area contributed by atoms with Crippen molar-refractivity contribution in [3.8, 4) is 0 Å². The zero-order valence-electron chi connectivity index (χ0n) is 10.3. The second-order valence-corrected chi connectivity index (χ2v) is 5.29. The molecule has 0 aromatic heterocycles. The third kappa shape index (κ3) is 3.50. The van der Waals surface area contributed by atoms with Crippen LogP contribution < -0.4 is 5.11 Å². The van der Waals surface area contributed by atoms with Crippen molar-refractivity contribution in [2.24, 2.45) is 0 Å². The van der Waals surface area contributed by atoms with Crippen molar-refractivity contribution in [1.82, 2.24) is 0 Å². The number of carbonyl (C=O) groups is 2. The molecule has 1 aromatic rings. The second kappa shape index (κ2) is 7.36. The first-order chi connectivity index (χ1) is 9.32. The molecule has 0 N–H and O–H groups in total. The van der Waals surface area contributed by atoms with Gasteiger partial charge in [-0.05, 0) is 6.42 Å². The molecule has 0 amide bonds. The van der Waals surface area contributed by atoms with Crippen LogP contribution in [-0.2, 0) is 4.74 Å². The van der Waals surface area contributed by atoms with Gasteiger partial charge in [0.2, 0.25) is 0 Å². The third-order valence-corrected chi connectivity index (χ3v) is 4.21. The Kier molecular flexibility index (Phi) is 6.40. The molecule has 0 fully saturated rings. The van der Waals surface area contributed by atoms with Crippen LogP contribution >= 0.6 is 46.4 Å². The lowest BCUT2D eigenvalue weighted by atomic mass is 10.1. The molecule has 4 nitrogen and oxygen atoms in total. The van der Waals surface area contributed by atoms with Crippen molar-refractivity contribution in [1.29, 1.82) is 0 Å². The molecule has 0 radical (unpaired) electrons. The molecule has 0 aliphatic heterocycles. The minimum atomic E-state index is -1.70. The van der Waals surface area contributed by atoms with Crippen LogP contribution in [0.3, 0.4) is 0 Å². The van der Waals surface area contributed by atoms with Crippen molar-refractivity contribution in [3.05, 3.63) is 31.2 Å². The van der Waals surface area contributed by atoms with Crippen molar-refractivity contribution >= 4 is 58.3 Å². The largest absolute Gasteiger partial charge is 0.545 e. The summed E-state index contributed by atoms with van der Waals surface area (Å²) in [5, 5.41) is 9.91. The molecule has 1 rings (SSSR count). The minimum Gasteiger partial charge on any atom is -0.545 e. The molecule has 0 saturated carbocycles. The Balaban J connectivity index is 3.37. The van der Waals surface area contributed by atoms with E-state index < -0.39 is 28.1 Å². The maximum atomic E-state index is 11.9. The summed E-state index contributed by atoms with van der Waals surface area (Å²) >= 11 is 23.2. The van der Waals surface area contributed by atoms with Crippen LogP contribution in [-0.4, -0.2) is 18.5 Å². The Labute approximate surface area is 135 Å². The highest BCUT2D eigenvalue weighted by Gasteiger charge is 2.26. The summed E-state index contributed by atoms with van der Waals surface area (Å²) in [7, 11) is 0. The topological polar surface area (TPSA) is 66.4 Å². The predicted molar refractivity (Wildman–Crippen MR) is 76.0 cm³/mol. The number of benzene rings is 1. The maximum Gasteiger partial charge on any atom is 0.340 e. The summed E-state index contributed by atoms with van der Waals surface area (Å²) < 4.78 is 4.92. The Morgan fingerprint density at radius 1 is 1.00 bits per heavy atom. The molecular weight excluding hydrogens is 350 g/mol. The van der Waals surface area contributed by atoms with Gasteiger partial charge in [-0.25, -0.2) is 4.79 Å². The molecule has 20 heavy (non-hydrogen) atoms. The molecule has 0 aliphatic rings. The summed E-state index contributed by atoms with van der Waals surface area (Å²) in [5.74, 6) is -2.64. The fourth-order valence-electron chi connectivity index (χ4n) is 1.40. The number of carbonyl (C=O) groups excluding carboxylic acids is 2. The first-order valence-electron chi connectivity index (χ1n) is 5.57. The highest BCUT2D eigenvalue weighted by molar-refractivity contribution is 6.53. The van der Waals surface area contributed by atoms with Gasteiger partial charge in [-0.2, -0.15) is 0 Å². The molecule has 0 saturated heterocycles. The molecule has 0 aliphatic carbocycles. The van der Waals surface area contributed by atoms with E-state index in [9.17, 15) is 14.7 Å². The molecule has 0 spiro atoms. The second-order valence-electron chi connectivity index (χ2n) is 3.78. The fraction of sp³-hybridized carbons (Fsp3) is 0.333. The molecule has 110 valence electrons. The van der Waals surface area contributed by atoms with Gasteiger partial charge in [0.25, 0.3) is 0 Å². The monoisotopic (exact) mass is 357 g/mol. The average molecular weight is 359 g/mol. The summed E-state index contributed by atoms with van der Waals surface area (Å²) in [4.78, 5) is 23.1. The standard InChI is InChI=1S/C12H10Cl4O4/c1-2-3-4-20-12(19)6-5(11(17)18)7(13)9(15)10(16)8(6)14/h2-4H2,1H3,(H,17,18)/p-1. The van der Waals surface area contributed by atoms with Gasteiger partial charge < -0.3 is 14.6 Å². The normalized spacial score (nSPS) is 10.4. The number of unbranched alkanes of at least 4 members (excludes halogenated alkanes) is 1. The van der Waals surface area contributed by atoms with E-state index >= 15 is 0 Å². The van der Waals surface area contributed by atoms with Crippen LogP contribution in [0.5, 0.6) is 0 Å². The minimum absolute atomic E-state index is 0.121. The van der Waals surface area contributed by atoms with Crippen LogP contribution in [0.25, 0.3) is 0 Å². The van der Waals surface area contributed by atoms with E-state index in [0.29, 0.717) is 6.42 Å². The van der Waals surface area contributed by atoms with E-state index in [-0.39, 0.29) is 21.7 Å². The Hall–Kier alpha value is -0.680. The fourth-order valence-corrected chi connectivity index (χ4v) is 2.40. The molecule has 0 heterocycles. The maximum absolute atomic E-state index is 11.9. The smallest absolute Gasteiger partial charge is 0.340 e. The number of hydrogen-bond donors (Lipinski definition) is 0. The van der Waals surface area contributed by atoms with Crippen LogP contribution in [0.1, 0.15) is 40.5 Å². The van der Waals surface area contributed by atoms with Crippen LogP contribution in [0, 0.1) is 0 Å². The zero-order valence-corrected chi connectivity index (χ0v) is 13.3. The van der Waals surface area contributed by atoms with E-state index in [2.05, 4.69) is 0 Å². The Morgan fingerprint density at radius 3 is 1.95 bits per heavy atom. The average Bonchev–Trinajstić information content (AvgIpc) is 2.39. The number of ether oxygens (including phenoxy) is 1. The summed E-state index contributed by atoms with van der Waals surface area (Å²) in [6.07, 6.45) is 1.43. The molecule has 1 aromatic carbocycles. The molecule has 0 atom stereocenters. The van der Waals surface area contributed by atoms with Gasteiger partial charge in [0, 0.05) is 5.56 Å². The van der Waals surface area contributed by atoms with E-state index in [0.717, 1.165) is 6.42 Å². The zero-order chi connectivity index (χ0) is 15.4. The van der Waals surface area contributed by atoms with Gasteiger partial charge in [0.05, 0.1) is 38.2 Å². The van der Waals surface area contributed by atoms with E-state index in [4.69, 9.17) is 51.1 Å².